The first kappa shape index (κ1) is 9.38. The van der Waals surface area contributed by atoms with Crippen LogP contribution in [0.25, 0.3) is 0 Å². The molecule has 0 amide bonds. The van der Waals surface area contributed by atoms with E-state index in [4.69, 9.17) is 5.11 Å². The number of carboxylic acids is 1. The number of hydrogen-bond acceptors (Lipinski definition) is 3. The highest BCUT2D eigenvalue weighted by atomic mass is 127. The van der Waals surface area contributed by atoms with Crippen molar-refractivity contribution < 1.29 is 9.90 Å². The van der Waals surface area contributed by atoms with Crippen LogP contribution in [0.5, 0.6) is 0 Å². The summed E-state index contributed by atoms with van der Waals surface area (Å²) < 4.78 is 2.63. The Morgan fingerprint density at radius 1 is 1.64 bits per heavy atom. The normalized spacial score (nSPS) is 14.5. The molecule has 1 aromatic heterocycles. The first-order valence-electron chi connectivity index (χ1n) is 3.86. The molecule has 1 aliphatic rings. The summed E-state index contributed by atoms with van der Waals surface area (Å²) in [5.41, 5.74) is 0.140. The summed E-state index contributed by atoms with van der Waals surface area (Å²) in [5, 5.41) is 12.8. The van der Waals surface area contributed by atoms with Crippen LogP contribution in [-0.4, -0.2) is 27.1 Å². The fourth-order valence-electron chi connectivity index (χ4n) is 1.17. The largest absolute Gasteiger partial charge is 0.477 e. The average Bonchev–Trinajstić information content (AvgIpc) is 2.41. The van der Waals surface area contributed by atoms with E-state index in [1.54, 1.807) is 10.9 Å². The molecule has 1 N–H and O–H groups in total. The van der Waals surface area contributed by atoms with Gasteiger partial charge >= 0.3 is 5.97 Å². The molecule has 6 heteroatoms. The quantitative estimate of drug-likeness (QED) is 0.802. The Labute approximate surface area is 93.3 Å². The molecule has 0 radical (unpaired) electrons. The number of aromatic nitrogens is 2. The fourth-order valence-corrected chi connectivity index (χ4v) is 1.65. The van der Waals surface area contributed by atoms with Crippen molar-refractivity contribution in [3.05, 3.63) is 21.4 Å². The smallest absolute Gasteiger partial charge is 0.341 e. The third kappa shape index (κ3) is 1.57. The van der Waals surface area contributed by atoms with Crippen molar-refractivity contribution in [3.63, 3.8) is 0 Å². The lowest BCUT2D eigenvalue weighted by atomic mass is 10.3. The van der Waals surface area contributed by atoms with Crippen LogP contribution in [0.1, 0.15) is 10.4 Å². The van der Waals surface area contributed by atoms with Gasteiger partial charge in [-0.1, -0.05) is 0 Å². The number of allylic oxidation sites excluding steroid dienone is 2. The van der Waals surface area contributed by atoms with E-state index in [2.05, 4.69) is 32.7 Å². The van der Waals surface area contributed by atoms with Crippen LogP contribution < -0.4 is 0 Å². The minimum Gasteiger partial charge on any atom is -0.477 e. The molecule has 14 heavy (non-hydrogen) atoms. The summed E-state index contributed by atoms with van der Waals surface area (Å²) in [6.07, 6.45) is 4.75. The first-order valence-corrected chi connectivity index (χ1v) is 4.94. The SMILES string of the molecule is O=C(O)c1cnn2c1N=CC=C(I)C2. The third-order valence-corrected chi connectivity index (χ3v) is 2.50. The molecule has 0 saturated carbocycles. The molecular weight excluding hydrogens is 297 g/mol. The number of nitrogens with zero attached hydrogens (tertiary/aromatic N) is 3. The molecule has 1 aromatic rings. The van der Waals surface area contributed by atoms with Gasteiger partial charge in [-0.05, 0) is 28.7 Å². The molecule has 0 spiro atoms. The van der Waals surface area contributed by atoms with Gasteiger partial charge in [0.15, 0.2) is 5.82 Å². The number of hydrogen-bond donors (Lipinski definition) is 1. The Hall–Kier alpha value is -1.18. The van der Waals surface area contributed by atoms with Gasteiger partial charge in [0.2, 0.25) is 0 Å². The van der Waals surface area contributed by atoms with E-state index in [9.17, 15) is 4.79 Å². The summed E-state index contributed by atoms with van der Waals surface area (Å²) in [7, 11) is 0. The summed E-state index contributed by atoms with van der Waals surface area (Å²) in [6.45, 7) is 0.573. The van der Waals surface area contributed by atoms with Crippen LogP contribution >= 0.6 is 22.6 Å². The highest BCUT2D eigenvalue weighted by molar-refractivity contribution is 14.1. The molecule has 0 bridgehead atoms. The van der Waals surface area contributed by atoms with E-state index in [1.165, 1.54) is 6.20 Å². The summed E-state index contributed by atoms with van der Waals surface area (Å²) >= 11 is 2.17. The molecule has 5 nitrogen and oxygen atoms in total. The molecule has 0 atom stereocenters. The maximum absolute atomic E-state index is 10.8. The van der Waals surface area contributed by atoms with Crippen molar-refractivity contribution in [2.24, 2.45) is 4.99 Å². The zero-order chi connectivity index (χ0) is 10.1. The molecule has 1 aliphatic heterocycles. The second-order valence-corrected chi connectivity index (χ2v) is 4.12. The van der Waals surface area contributed by atoms with Crippen LogP contribution in [0, 0.1) is 0 Å². The van der Waals surface area contributed by atoms with Gasteiger partial charge in [-0.2, -0.15) is 5.10 Å². The van der Waals surface area contributed by atoms with Crippen LogP contribution in [0.3, 0.4) is 0 Å². The molecule has 72 valence electrons. The monoisotopic (exact) mass is 303 g/mol. The lowest BCUT2D eigenvalue weighted by Gasteiger charge is -2.00. The van der Waals surface area contributed by atoms with Gasteiger partial charge in [0.1, 0.15) is 5.56 Å². The van der Waals surface area contributed by atoms with E-state index >= 15 is 0 Å². The topological polar surface area (TPSA) is 67.5 Å². The minimum absolute atomic E-state index is 0.140. The number of halogens is 1. The second-order valence-electron chi connectivity index (χ2n) is 2.74. The molecular formula is C8H6IN3O2. The van der Waals surface area contributed by atoms with Crippen LogP contribution in [-0.2, 0) is 6.54 Å². The molecule has 0 unspecified atom stereocenters. The van der Waals surface area contributed by atoms with E-state index in [0.29, 0.717) is 12.4 Å². The first-order chi connectivity index (χ1) is 6.68. The Morgan fingerprint density at radius 3 is 3.14 bits per heavy atom. The van der Waals surface area contributed by atoms with Gasteiger partial charge in [0, 0.05) is 9.79 Å². The lowest BCUT2D eigenvalue weighted by Crippen LogP contribution is -1.99. The Morgan fingerprint density at radius 2 is 2.43 bits per heavy atom. The Kier molecular flexibility index (Phi) is 2.36. The average molecular weight is 303 g/mol. The summed E-state index contributed by atoms with van der Waals surface area (Å²) in [5.74, 6) is -0.597. The Bertz CT molecular complexity index is 447. The molecule has 2 heterocycles. The Balaban J connectivity index is 2.51. The van der Waals surface area contributed by atoms with Gasteiger partial charge in [-0.25, -0.2) is 14.5 Å². The second kappa shape index (κ2) is 3.52. The van der Waals surface area contributed by atoms with Crippen LogP contribution in [0.15, 0.2) is 20.8 Å². The van der Waals surface area contributed by atoms with E-state index < -0.39 is 5.97 Å². The summed E-state index contributed by atoms with van der Waals surface area (Å²) in [6, 6.07) is 0. The standard InChI is InChI=1S/C8H6IN3O2/c9-5-1-2-10-7-6(8(13)14)3-11-12(7)4-5/h1-3H,4H2,(H,13,14). The van der Waals surface area contributed by atoms with Gasteiger partial charge in [-0.3, -0.25) is 0 Å². The zero-order valence-electron chi connectivity index (χ0n) is 7.01. The number of fused-ring (bicyclic) bond motifs is 1. The van der Waals surface area contributed by atoms with Crippen molar-refractivity contribution in [1.29, 1.82) is 0 Å². The molecule has 0 fully saturated rings. The van der Waals surface area contributed by atoms with E-state index in [0.717, 1.165) is 3.58 Å². The lowest BCUT2D eigenvalue weighted by molar-refractivity contribution is 0.0698. The summed E-state index contributed by atoms with van der Waals surface area (Å²) in [4.78, 5) is 14.8. The van der Waals surface area contributed by atoms with Gasteiger partial charge in [-0.15, -0.1) is 0 Å². The van der Waals surface area contributed by atoms with Crippen molar-refractivity contribution in [2.45, 2.75) is 6.54 Å². The van der Waals surface area contributed by atoms with Crippen LogP contribution in [0.4, 0.5) is 5.82 Å². The highest BCUT2D eigenvalue weighted by Crippen LogP contribution is 2.23. The van der Waals surface area contributed by atoms with Gasteiger partial charge in [0.25, 0.3) is 0 Å². The number of aliphatic imine (C=N–C) groups is 1. The third-order valence-electron chi connectivity index (χ3n) is 1.80. The maximum Gasteiger partial charge on any atom is 0.341 e. The molecule has 0 saturated heterocycles. The fraction of sp³-hybridized carbons (Fsp3) is 0.125. The van der Waals surface area contributed by atoms with Gasteiger partial charge < -0.3 is 5.11 Å². The number of aromatic carboxylic acids is 1. The molecule has 2 rings (SSSR count). The van der Waals surface area contributed by atoms with Crippen molar-refractivity contribution >= 4 is 40.6 Å². The van der Waals surface area contributed by atoms with Crippen molar-refractivity contribution in [3.8, 4) is 0 Å². The predicted molar refractivity (Wildman–Crippen MR) is 59.4 cm³/mol. The molecule has 0 aromatic carbocycles. The van der Waals surface area contributed by atoms with Gasteiger partial charge in [0.05, 0.1) is 12.7 Å². The molecule has 0 aliphatic carbocycles. The predicted octanol–water partition coefficient (Wildman–Crippen LogP) is 1.62. The van der Waals surface area contributed by atoms with Crippen molar-refractivity contribution in [1.82, 2.24) is 9.78 Å². The van der Waals surface area contributed by atoms with Crippen LogP contribution in [0.2, 0.25) is 0 Å². The zero-order valence-corrected chi connectivity index (χ0v) is 9.17. The minimum atomic E-state index is -1.000. The van der Waals surface area contributed by atoms with E-state index in [-0.39, 0.29) is 5.56 Å². The number of rotatable bonds is 1. The number of carboxylic acid groups (broad SMARTS) is 1. The maximum atomic E-state index is 10.8. The highest BCUT2D eigenvalue weighted by Gasteiger charge is 2.16. The van der Waals surface area contributed by atoms with Crippen molar-refractivity contribution in [2.75, 3.05) is 0 Å². The number of carbonyl (C=O) groups is 1. The van der Waals surface area contributed by atoms with E-state index in [1.807, 2.05) is 6.08 Å².